The molecule has 0 saturated carbocycles. The monoisotopic (exact) mass is 379 g/mol. The van der Waals surface area contributed by atoms with Crippen LogP contribution in [0.2, 0.25) is 0 Å². The number of halogens is 1. The highest BCUT2D eigenvalue weighted by Gasteiger charge is 2.12. The number of hydrogen-bond acceptors (Lipinski definition) is 2. The predicted molar refractivity (Wildman–Crippen MR) is 90.0 cm³/mol. The number of aryl methyl sites for hydroxylation is 1. The number of ether oxygens (including phenoxy) is 1. The Hall–Kier alpha value is -1.07. The van der Waals surface area contributed by atoms with Crippen molar-refractivity contribution in [3.63, 3.8) is 0 Å². The van der Waals surface area contributed by atoms with Crippen molar-refractivity contribution in [2.75, 3.05) is 6.61 Å². The summed E-state index contributed by atoms with van der Waals surface area (Å²) in [5, 5.41) is 0. The summed E-state index contributed by atoms with van der Waals surface area (Å²) in [7, 11) is 0. The summed E-state index contributed by atoms with van der Waals surface area (Å²) in [4.78, 5) is 0. The van der Waals surface area contributed by atoms with E-state index in [1.807, 2.05) is 0 Å². The van der Waals surface area contributed by atoms with Crippen LogP contribution < -0.4 is 10.5 Å². The van der Waals surface area contributed by atoms with Crippen molar-refractivity contribution in [2.24, 2.45) is 5.73 Å². The molecular formula is C17H18INO. The molecule has 0 bridgehead atoms. The fourth-order valence-corrected chi connectivity index (χ4v) is 2.95. The SMILES string of the molecule is NC(CCc1ccc2c(c1)CCO2)c1ccc(I)cc1. The number of rotatable bonds is 4. The number of nitrogens with two attached hydrogens (primary N) is 1. The molecule has 1 aliphatic heterocycles. The molecule has 0 radical (unpaired) electrons. The highest BCUT2D eigenvalue weighted by atomic mass is 127. The molecular weight excluding hydrogens is 361 g/mol. The minimum atomic E-state index is 0.108. The highest BCUT2D eigenvalue weighted by Crippen LogP contribution is 2.27. The molecule has 1 atom stereocenters. The average molecular weight is 379 g/mol. The lowest BCUT2D eigenvalue weighted by atomic mass is 9.98. The topological polar surface area (TPSA) is 35.2 Å². The van der Waals surface area contributed by atoms with Crippen molar-refractivity contribution in [3.05, 3.63) is 62.7 Å². The first-order valence-corrected chi connectivity index (χ1v) is 8.06. The minimum Gasteiger partial charge on any atom is -0.493 e. The summed E-state index contributed by atoms with van der Waals surface area (Å²) < 4.78 is 6.78. The number of hydrogen-bond donors (Lipinski definition) is 1. The van der Waals surface area contributed by atoms with Crippen molar-refractivity contribution in [2.45, 2.75) is 25.3 Å². The van der Waals surface area contributed by atoms with Gasteiger partial charge in [-0.15, -0.1) is 0 Å². The Labute approximate surface area is 133 Å². The average Bonchev–Trinajstić information content (AvgIpc) is 2.93. The summed E-state index contributed by atoms with van der Waals surface area (Å²) in [5.41, 5.74) is 10.2. The largest absolute Gasteiger partial charge is 0.493 e. The molecule has 0 fully saturated rings. The van der Waals surface area contributed by atoms with Crippen LogP contribution in [0.1, 0.15) is 29.2 Å². The second kappa shape index (κ2) is 6.14. The molecule has 1 unspecified atom stereocenters. The fourth-order valence-electron chi connectivity index (χ4n) is 2.59. The van der Waals surface area contributed by atoms with Crippen LogP contribution in [0, 0.1) is 3.57 Å². The molecule has 20 heavy (non-hydrogen) atoms. The van der Waals surface area contributed by atoms with Crippen molar-refractivity contribution in [1.82, 2.24) is 0 Å². The van der Waals surface area contributed by atoms with E-state index in [0.29, 0.717) is 0 Å². The van der Waals surface area contributed by atoms with E-state index in [9.17, 15) is 0 Å². The first-order valence-electron chi connectivity index (χ1n) is 6.98. The Morgan fingerprint density at radius 1 is 1.15 bits per heavy atom. The van der Waals surface area contributed by atoms with E-state index < -0.39 is 0 Å². The van der Waals surface area contributed by atoms with E-state index in [-0.39, 0.29) is 6.04 Å². The van der Waals surface area contributed by atoms with Crippen LogP contribution in [-0.2, 0) is 12.8 Å². The summed E-state index contributed by atoms with van der Waals surface area (Å²) in [5.74, 6) is 1.05. The quantitative estimate of drug-likeness (QED) is 0.819. The van der Waals surface area contributed by atoms with Gasteiger partial charge in [0.25, 0.3) is 0 Å². The summed E-state index contributed by atoms with van der Waals surface area (Å²) in [6, 6.07) is 15.1. The maximum Gasteiger partial charge on any atom is 0.122 e. The lowest BCUT2D eigenvalue weighted by molar-refractivity contribution is 0.357. The van der Waals surface area contributed by atoms with Gasteiger partial charge < -0.3 is 10.5 Å². The molecule has 2 aromatic rings. The van der Waals surface area contributed by atoms with Crippen LogP contribution >= 0.6 is 22.6 Å². The van der Waals surface area contributed by atoms with Crippen molar-refractivity contribution in [1.29, 1.82) is 0 Å². The zero-order valence-corrected chi connectivity index (χ0v) is 13.5. The molecule has 0 saturated heterocycles. The van der Waals surface area contributed by atoms with Gasteiger partial charge in [-0.2, -0.15) is 0 Å². The van der Waals surface area contributed by atoms with Crippen molar-refractivity contribution >= 4 is 22.6 Å². The van der Waals surface area contributed by atoms with Gasteiger partial charge in [-0.25, -0.2) is 0 Å². The zero-order chi connectivity index (χ0) is 13.9. The molecule has 3 heteroatoms. The summed E-state index contributed by atoms with van der Waals surface area (Å²) in [6.45, 7) is 0.820. The fraction of sp³-hybridized carbons (Fsp3) is 0.294. The van der Waals surface area contributed by atoms with Gasteiger partial charge in [0.1, 0.15) is 5.75 Å². The number of benzene rings is 2. The van der Waals surface area contributed by atoms with Crippen LogP contribution in [-0.4, -0.2) is 6.61 Å². The molecule has 0 amide bonds. The van der Waals surface area contributed by atoms with Gasteiger partial charge in [-0.05, 0) is 70.3 Å². The third-order valence-corrected chi connectivity index (χ3v) is 4.52. The first-order chi connectivity index (χ1) is 9.72. The molecule has 0 aliphatic carbocycles. The van der Waals surface area contributed by atoms with Crippen molar-refractivity contribution in [3.8, 4) is 5.75 Å². The van der Waals surface area contributed by atoms with E-state index >= 15 is 0 Å². The van der Waals surface area contributed by atoms with E-state index in [2.05, 4.69) is 65.1 Å². The highest BCUT2D eigenvalue weighted by molar-refractivity contribution is 14.1. The van der Waals surface area contributed by atoms with Gasteiger partial charge >= 0.3 is 0 Å². The molecule has 2 N–H and O–H groups in total. The van der Waals surface area contributed by atoms with Gasteiger partial charge in [-0.1, -0.05) is 24.3 Å². The molecule has 2 nitrogen and oxygen atoms in total. The van der Waals surface area contributed by atoms with E-state index in [1.54, 1.807) is 0 Å². The van der Waals surface area contributed by atoms with Gasteiger partial charge in [0.2, 0.25) is 0 Å². The Kier molecular flexibility index (Phi) is 4.27. The molecule has 0 spiro atoms. The van der Waals surface area contributed by atoms with Gasteiger partial charge in [-0.3, -0.25) is 0 Å². The predicted octanol–water partition coefficient (Wildman–Crippen LogP) is 3.86. The maximum absolute atomic E-state index is 6.28. The molecule has 3 rings (SSSR count). The van der Waals surface area contributed by atoms with E-state index in [4.69, 9.17) is 10.5 Å². The summed E-state index contributed by atoms with van der Waals surface area (Å²) >= 11 is 2.31. The zero-order valence-electron chi connectivity index (χ0n) is 11.3. The van der Waals surface area contributed by atoms with Crippen molar-refractivity contribution < 1.29 is 4.74 Å². The third-order valence-electron chi connectivity index (χ3n) is 3.80. The molecule has 0 aromatic heterocycles. The smallest absolute Gasteiger partial charge is 0.122 e. The van der Waals surface area contributed by atoms with Crippen LogP contribution in [0.3, 0.4) is 0 Å². The standard InChI is InChI=1S/C17H18INO/c18-15-5-3-13(4-6-15)16(19)7-1-12-2-8-17-14(11-12)9-10-20-17/h2-6,8,11,16H,1,7,9-10,19H2. The lowest BCUT2D eigenvalue weighted by Gasteiger charge is -2.12. The normalized spacial score (nSPS) is 14.7. The van der Waals surface area contributed by atoms with E-state index in [0.717, 1.165) is 31.6 Å². The van der Waals surface area contributed by atoms with Gasteiger partial charge in [0.05, 0.1) is 6.61 Å². The first kappa shape index (κ1) is 13.9. The Bertz CT molecular complexity index is 594. The molecule has 2 aromatic carbocycles. The minimum absolute atomic E-state index is 0.108. The van der Waals surface area contributed by atoms with Gasteiger partial charge in [0, 0.05) is 16.0 Å². The maximum atomic E-state index is 6.28. The van der Waals surface area contributed by atoms with Crippen LogP contribution in [0.5, 0.6) is 5.75 Å². The Balaban J connectivity index is 1.63. The molecule has 1 heterocycles. The number of fused-ring (bicyclic) bond motifs is 1. The van der Waals surface area contributed by atoms with Crippen LogP contribution in [0.25, 0.3) is 0 Å². The Morgan fingerprint density at radius 3 is 2.75 bits per heavy atom. The second-order valence-corrected chi connectivity index (χ2v) is 6.48. The molecule has 1 aliphatic rings. The van der Waals surface area contributed by atoms with Crippen LogP contribution in [0.15, 0.2) is 42.5 Å². The Morgan fingerprint density at radius 2 is 1.95 bits per heavy atom. The second-order valence-electron chi connectivity index (χ2n) is 5.24. The lowest BCUT2D eigenvalue weighted by Crippen LogP contribution is -2.11. The van der Waals surface area contributed by atoms with Crippen LogP contribution in [0.4, 0.5) is 0 Å². The molecule has 104 valence electrons. The summed E-state index contributed by atoms with van der Waals surface area (Å²) in [6.07, 6.45) is 3.02. The third kappa shape index (κ3) is 3.15. The van der Waals surface area contributed by atoms with E-state index in [1.165, 1.54) is 20.3 Å². The van der Waals surface area contributed by atoms with Gasteiger partial charge in [0.15, 0.2) is 0 Å².